The van der Waals surface area contributed by atoms with Crippen LogP contribution in [0.25, 0.3) is 0 Å². The van der Waals surface area contributed by atoms with Crippen molar-refractivity contribution in [3.8, 4) is 5.75 Å². The maximum Gasteiger partial charge on any atom is 0.262 e. The van der Waals surface area contributed by atoms with Crippen molar-refractivity contribution < 1.29 is 17.9 Å². The molecule has 7 heteroatoms. The van der Waals surface area contributed by atoms with Crippen molar-refractivity contribution in [2.45, 2.75) is 19.8 Å². The van der Waals surface area contributed by atoms with E-state index in [1.54, 1.807) is 24.3 Å². The monoisotopic (exact) mass is 374 g/mol. The number of ether oxygens (including phenoxy) is 1. The second kappa shape index (κ2) is 7.78. The van der Waals surface area contributed by atoms with Crippen molar-refractivity contribution in [2.75, 3.05) is 28.5 Å². The Bertz CT molecular complexity index is 879. The number of carbonyl (C=O) groups excluding carboxylic acids is 1. The molecule has 1 heterocycles. The molecule has 0 aromatic heterocycles. The van der Waals surface area contributed by atoms with Crippen LogP contribution >= 0.6 is 0 Å². The quantitative estimate of drug-likeness (QED) is 0.873. The minimum atomic E-state index is -3.28. The van der Waals surface area contributed by atoms with Crippen LogP contribution < -0.4 is 14.4 Å². The number of amides is 1. The Balaban J connectivity index is 1.63. The molecule has 0 unspecified atom stereocenters. The molecule has 2 aromatic rings. The third kappa shape index (κ3) is 4.54. The van der Waals surface area contributed by atoms with Crippen LogP contribution in [0.3, 0.4) is 0 Å². The molecule has 0 radical (unpaired) electrons. The molecule has 1 N–H and O–H groups in total. The highest BCUT2D eigenvalue weighted by Gasteiger charge is 2.26. The molecule has 0 atom stereocenters. The Morgan fingerprint density at radius 2 is 1.92 bits per heavy atom. The van der Waals surface area contributed by atoms with E-state index >= 15 is 0 Å². The summed E-state index contributed by atoms with van der Waals surface area (Å²) in [5, 5.41) is 2.74. The molecule has 6 nitrogen and oxygen atoms in total. The minimum Gasteiger partial charge on any atom is -0.484 e. The first-order valence-electron chi connectivity index (χ1n) is 8.54. The molecule has 3 rings (SSSR count). The van der Waals surface area contributed by atoms with E-state index in [0.717, 1.165) is 12.0 Å². The number of nitrogens with zero attached hydrogens (tertiary/aromatic N) is 1. The standard InChI is InChI=1S/C19H22N2O4S/c1-15-7-9-18(10-8-15)25-14-19(22)20-16-5-4-6-17(13-16)21-11-2-3-12-26(21,23)24/h4-10,13H,2-3,11-12,14H2,1H3,(H,20,22). The average molecular weight is 374 g/mol. The fraction of sp³-hybridized carbons (Fsp3) is 0.316. The molecular weight excluding hydrogens is 352 g/mol. The molecule has 1 amide bonds. The summed E-state index contributed by atoms with van der Waals surface area (Å²) in [6.45, 7) is 2.33. The largest absolute Gasteiger partial charge is 0.484 e. The smallest absolute Gasteiger partial charge is 0.262 e. The van der Waals surface area contributed by atoms with Gasteiger partial charge in [0.1, 0.15) is 5.75 Å². The Morgan fingerprint density at radius 3 is 2.65 bits per heavy atom. The SMILES string of the molecule is Cc1ccc(OCC(=O)Nc2cccc(N3CCCCS3(=O)=O)c2)cc1. The van der Waals surface area contributed by atoms with Crippen LogP contribution in [0.1, 0.15) is 18.4 Å². The number of sulfonamides is 1. The van der Waals surface area contributed by atoms with Crippen molar-refractivity contribution in [3.63, 3.8) is 0 Å². The summed E-state index contributed by atoms with van der Waals surface area (Å²) in [6, 6.07) is 14.3. The maximum atomic E-state index is 12.2. The van der Waals surface area contributed by atoms with Crippen LogP contribution in [0.5, 0.6) is 5.75 Å². The number of hydrogen-bond acceptors (Lipinski definition) is 4. The van der Waals surface area contributed by atoms with Gasteiger partial charge in [-0.2, -0.15) is 0 Å². The Labute approximate surface area is 153 Å². The lowest BCUT2D eigenvalue weighted by Crippen LogP contribution is -2.37. The van der Waals surface area contributed by atoms with E-state index in [1.165, 1.54) is 4.31 Å². The minimum absolute atomic E-state index is 0.116. The normalized spacial score (nSPS) is 16.1. The second-order valence-electron chi connectivity index (χ2n) is 6.30. The van der Waals surface area contributed by atoms with Crippen LogP contribution in [-0.2, 0) is 14.8 Å². The van der Waals surface area contributed by atoms with Gasteiger partial charge in [0.05, 0.1) is 11.4 Å². The van der Waals surface area contributed by atoms with E-state index in [4.69, 9.17) is 4.74 Å². The zero-order valence-electron chi connectivity index (χ0n) is 14.6. The van der Waals surface area contributed by atoms with E-state index in [1.807, 2.05) is 31.2 Å². The molecule has 1 saturated heterocycles. The lowest BCUT2D eigenvalue weighted by atomic mass is 10.2. The van der Waals surface area contributed by atoms with E-state index in [0.29, 0.717) is 30.1 Å². The highest BCUT2D eigenvalue weighted by Crippen LogP contribution is 2.26. The van der Waals surface area contributed by atoms with Gasteiger partial charge in [0, 0.05) is 12.2 Å². The van der Waals surface area contributed by atoms with E-state index in [-0.39, 0.29) is 18.3 Å². The molecule has 138 valence electrons. The van der Waals surface area contributed by atoms with Gasteiger partial charge in [-0.15, -0.1) is 0 Å². The highest BCUT2D eigenvalue weighted by atomic mass is 32.2. The van der Waals surface area contributed by atoms with E-state index in [2.05, 4.69) is 5.32 Å². The summed E-state index contributed by atoms with van der Waals surface area (Å²) in [7, 11) is -3.28. The van der Waals surface area contributed by atoms with E-state index < -0.39 is 10.0 Å². The number of hydrogen-bond donors (Lipinski definition) is 1. The topological polar surface area (TPSA) is 75.7 Å². The molecule has 1 fully saturated rings. The summed E-state index contributed by atoms with van der Waals surface area (Å²) in [5.41, 5.74) is 2.23. The maximum absolute atomic E-state index is 12.2. The highest BCUT2D eigenvalue weighted by molar-refractivity contribution is 7.92. The first kappa shape index (κ1) is 18.3. The van der Waals surface area contributed by atoms with Gasteiger partial charge in [-0.1, -0.05) is 23.8 Å². The first-order valence-corrected chi connectivity index (χ1v) is 10.1. The number of carbonyl (C=O) groups is 1. The van der Waals surface area contributed by atoms with Crippen molar-refractivity contribution in [2.24, 2.45) is 0 Å². The molecule has 1 aliphatic rings. The average Bonchev–Trinajstić information content (AvgIpc) is 2.61. The van der Waals surface area contributed by atoms with Gasteiger partial charge in [0.25, 0.3) is 5.91 Å². The van der Waals surface area contributed by atoms with Crippen molar-refractivity contribution >= 4 is 27.3 Å². The van der Waals surface area contributed by atoms with Gasteiger partial charge in [-0.3, -0.25) is 9.10 Å². The fourth-order valence-electron chi connectivity index (χ4n) is 2.80. The summed E-state index contributed by atoms with van der Waals surface area (Å²) in [5.74, 6) is 0.483. The molecule has 0 bridgehead atoms. The van der Waals surface area contributed by atoms with Crippen LogP contribution in [0, 0.1) is 6.92 Å². The lowest BCUT2D eigenvalue weighted by Gasteiger charge is -2.28. The summed E-state index contributed by atoms with van der Waals surface area (Å²) < 4.78 is 31.3. The van der Waals surface area contributed by atoms with Gasteiger partial charge in [-0.25, -0.2) is 8.42 Å². The number of anilines is 2. The van der Waals surface area contributed by atoms with Crippen molar-refractivity contribution in [3.05, 3.63) is 54.1 Å². The molecule has 26 heavy (non-hydrogen) atoms. The van der Waals surface area contributed by atoms with Gasteiger partial charge in [-0.05, 0) is 50.1 Å². The van der Waals surface area contributed by atoms with E-state index in [9.17, 15) is 13.2 Å². The van der Waals surface area contributed by atoms with Gasteiger partial charge < -0.3 is 10.1 Å². The Morgan fingerprint density at radius 1 is 1.15 bits per heavy atom. The zero-order chi connectivity index (χ0) is 18.6. The molecule has 1 aliphatic heterocycles. The van der Waals surface area contributed by atoms with Crippen LogP contribution in [0.2, 0.25) is 0 Å². The second-order valence-corrected chi connectivity index (χ2v) is 8.31. The molecular formula is C19H22N2O4S. The number of aryl methyl sites for hydroxylation is 1. The number of benzene rings is 2. The molecule has 0 spiro atoms. The van der Waals surface area contributed by atoms with Crippen LogP contribution in [-0.4, -0.2) is 33.2 Å². The number of nitrogens with one attached hydrogen (secondary N) is 1. The van der Waals surface area contributed by atoms with Crippen molar-refractivity contribution in [1.82, 2.24) is 0 Å². The predicted molar refractivity (Wildman–Crippen MR) is 102 cm³/mol. The molecule has 2 aromatic carbocycles. The summed E-state index contributed by atoms with van der Waals surface area (Å²) >= 11 is 0. The van der Waals surface area contributed by atoms with Gasteiger partial charge >= 0.3 is 0 Å². The lowest BCUT2D eigenvalue weighted by molar-refractivity contribution is -0.118. The van der Waals surface area contributed by atoms with Crippen LogP contribution in [0.4, 0.5) is 11.4 Å². The summed E-state index contributed by atoms with van der Waals surface area (Å²) in [6.07, 6.45) is 1.52. The first-order chi connectivity index (χ1) is 12.4. The van der Waals surface area contributed by atoms with Gasteiger partial charge in [0.15, 0.2) is 6.61 Å². The molecule has 0 saturated carbocycles. The van der Waals surface area contributed by atoms with Gasteiger partial charge in [0.2, 0.25) is 10.0 Å². The molecule has 0 aliphatic carbocycles. The Hall–Kier alpha value is -2.54. The third-order valence-corrected chi connectivity index (χ3v) is 6.03. The zero-order valence-corrected chi connectivity index (χ0v) is 15.5. The fourth-order valence-corrected chi connectivity index (χ4v) is 4.43. The van der Waals surface area contributed by atoms with Crippen molar-refractivity contribution in [1.29, 1.82) is 0 Å². The third-order valence-electron chi connectivity index (χ3n) is 4.16. The Kier molecular flexibility index (Phi) is 5.46. The predicted octanol–water partition coefficient (Wildman–Crippen LogP) is 2.94. The van der Waals surface area contributed by atoms with Crippen LogP contribution in [0.15, 0.2) is 48.5 Å². The number of rotatable bonds is 5. The summed E-state index contributed by atoms with van der Waals surface area (Å²) in [4.78, 5) is 12.1.